The van der Waals surface area contributed by atoms with Gasteiger partial charge in [-0.05, 0) is 91.4 Å². The molecular weight excluding hydrogens is 426 g/mol. The molecule has 2 aliphatic rings. The first kappa shape index (κ1) is 25.0. The lowest BCUT2D eigenvalue weighted by atomic mass is 9.64. The Morgan fingerprint density at radius 3 is 1.89 bits per heavy atom. The number of fused-ring (bicyclic) bond motifs is 2. The molecule has 4 rings (SSSR count). The molecule has 0 aromatic heterocycles. The van der Waals surface area contributed by atoms with Crippen molar-refractivity contribution in [2.75, 3.05) is 50.1 Å². The molecule has 0 unspecified atom stereocenters. The molecule has 2 aromatic rings. The highest BCUT2D eigenvalue weighted by atomic mass is 15.1. The van der Waals surface area contributed by atoms with Gasteiger partial charge in [-0.25, -0.2) is 4.58 Å². The highest BCUT2D eigenvalue weighted by molar-refractivity contribution is 6.06. The van der Waals surface area contributed by atoms with E-state index >= 15 is 0 Å². The maximum Gasteiger partial charge on any atom is 0.199 e. The monoisotopic (exact) mass is 468 g/mol. The summed E-state index contributed by atoms with van der Waals surface area (Å²) >= 11 is 0. The van der Waals surface area contributed by atoms with Crippen molar-refractivity contribution in [2.45, 2.75) is 47.0 Å². The average Bonchev–Trinajstić information content (AvgIpc) is 2.86. The van der Waals surface area contributed by atoms with Crippen LogP contribution in [-0.2, 0) is 5.41 Å². The van der Waals surface area contributed by atoms with Crippen molar-refractivity contribution < 1.29 is 4.58 Å². The third-order valence-corrected chi connectivity index (χ3v) is 7.82. The molecule has 0 atom stereocenters. The molecule has 0 spiro atoms. The Bertz CT molecular complexity index is 1210. The van der Waals surface area contributed by atoms with Crippen LogP contribution in [-0.4, -0.2) is 50.6 Å². The molecule has 2 aromatic carbocycles. The summed E-state index contributed by atoms with van der Waals surface area (Å²) in [5.74, 6) is 0. The molecule has 0 saturated heterocycles. The minimum Gasteiger partial charge on any atom is -0.372 e. The van der Waals surface area contributed by atoms with Gasteiger partial charge in [0.1, 0.15) is 14.1 Å². The van der Waals surface area contributed by atoms with Gasteiger partial charge in [0, 0.05) is 55.1 Å². The third-order valence-electron chi connectivity index (χ3n) is 7.82. The SMILES string of the molecule is CCN(CC)c1ccc(C2=C3C=CC(=[N+](C)C)C=C3C(C)(C)c3cc(N(CC)CC)ccc32)cc1. The normalized spacial score (nSPS) is 16.0. The van der Waals surface area contributed by atoms with Gasteiger partial charge in [0.15, 0.2) is 5.71 Å². The van der Waals surface area contributed by atoms with Crippen molar-refractivity contribution in [1.82, 2.24) is 0 Å². The first-order valence-corrected chi connectivity index (χ1v) is 13.2. The zero-order valence-electron chi connectivity index (χ0n) is 22.9. The predicted octanol–water partition coefficient (Wildman–Crippen LogP) is 6.68. The number of benzene rings is 2. The summed E-state index contributed by atoms with van der Waals surface area (Å²) in [6.45, 7) is 17.8. The minimum absolute atomic E-state index is 0.0927. The molecular formula is C32H42N3+. The number of hydrogen-bond donors (Lipinski definition) is 0. The number of allylic oxidation sites excluding steroid dienone is 5. The Hall–Kier alpha value is -3.07. The lowest BCUT2D eigenvalue weighted by Crippen LogP contribution is -2.31. The first-order chi connectivity index (χ1) is 16.8. The fraction of sp³-hybridized carbons (Fsp3) is 0.406. The van der Waals surface area contributed by atoms with Gasteiger partial charge in [0.2, 0.25) is 0 Å². The maximum absolute atomic E-state index is 2.45. The van der Waals surface area contributed by atoms with Crippen molar-refractivity contribution in [1.29, 1.82) is 0 Å². The van der Waals surface area contributed by atoms with E-state index in [2.05, 4.69) is 131 Å². The van der Waals surface area contributed by atoms with E-state index in [-0.39, 0.29) is 5.41 Å². The summed E-state index contributed by atoms with van der Waals surface area (Å²) in [5, 5.41) is 0. The van der Waals surface area contributed by atoms with Gasteiger partial charge in [-0.3, -0.25) is 0 Å². The Kier molecular flexibility index (Phi) is 7.07. The van der Waals surface area contributed by atoms with Gasteiger partial charge >= 0.3 is 0 Å². The van der Waals surface area contributed by atoms with Gasteiger partial charge in [-0.1, -0.05) is 32.0 Å². The molecule has 0 N–H and O–H groups in total. The lowest BCUT2D eigenvalue weighted by Gasteiger charge is -2.39. The predicted molar refractivity (Wildman–Crippen MR) is 153 cm³/mol. The van der Waals surface area contributed by atoms with Crippen molar-refractivity contribution in [3.63, 3.8) is 0 Å². The van der Waals surface area contributed by atoms with Crippen LogP contribution in [0.4, 0.5) is 11.4 Å². The van der Waals surface area contributed by atoms with E-state index in [4.69, 9.17) is 0 Å². The van der Waals surface area contributed by atoms with Crippen LogP contribution in [0.3, 0.4) is 0 Å². The van der Waals surface area contributed by atoms with Crippen LogP contribution < -0.4 is 9.80 Å². The van der Waals surface area contributed by atoms with E-state index in [1.165, 1.54) is 50.5 Å². The zero-order valence-corrected chi connectivity index (χ0v) is 22.9. The molecule has 0 aliphatic heterocycles. The quantitative estimate of drug-likeness (QED) is 0.419. The summed E-state index contributed by atoms with van der Waals surface area (Å²) in [7, 11) is 4.25. The van der Waals surface area contributed by atoms with Crippen LogP contribution in [0.15, 0.2) is 71.8 Å². The van der Waals surface area contributed by atoms with Crippen molar-refractivity contribution in [2.24, 2.45) is 0 Å². The average molecular weight is 469 g/mol. The second-order valence-corrected chi connectivity index (χ2v) is 10.2. The molecule has 0 heterocycles. The Morgan fingerprint density at radius 2 is 1.31 bits per heavy atom. The molecule has 3 heteroatoms. The second kappa shape index (κ2) is 9.89. The van der Waals surface area contributed by atoms with Gasteiger partial charge in [-0.2, -0.15) is 0 Å². The fourth-order valence-corrected chi connectivity index (χ4v) is 5.63. The number of anilines is 2. The van der Waals surface area contributed by atoms with Gasteiger partial charge in [0.05, 0.1) is 0 Å². The Morgan fingerprint density at radius 1 is 0.743 bits per heavy atom. The van der Waals surface area contributed by atoms with E-state index in [1.807, 2.05) is 0 Å². The van der Waals surface area contributed by atoms with Crippen molar-refractivity contribution >= 4 is 22.7 Å². The molecule has 184 valence electrons. The summed E-state index contributed by atoms with van der Waals surface area (Å²) < 4.78 is 2.21. The second-order valence-electron chi connectivity index (χ2n) is 10.2. The topological polar surface area (TPSA) is 9.49 Å². The molecule has 2 aliphatic carbocycles. The van der Waals surface area contributed by atoms with Crippen LogP contribution in [0.1, 0.15) is 58.2 Å². The summed E-state index contributed by atoms with van der Waals surface area (Å²) in [4.78, 5) is 4.85. The summed E-state index contributed by atoms with van der Waals surface area (Å²) in [5.41, 5.74) is 11.9. The van der Waals surface area contributed by atoms with Crippen LogP contribution in [0.25, 0.3) is 5.57 Å². The Balaban J connectivity index is 1.97. The number of nitrogens with zero attached hydrogens (tertiary/aromatic N) is 3. The molecule has 0 amide bonds. The fourth-order valence-electron chi connectivity index (χ4n) is 5.63. The minimum atomic E-state index is -0.0927. The molecule has 0 radical (unpaired) electrons. The van der Waals surface area contributed by atoms with E-state index in [9.17, 15) is 0 Å². The van der Waals surface area contributed by atoms with E-state index < -0.39 is 0 Å². The maximum atomic E-state index is 2.45. The van der Waals surface area contributed by atoms with E-state index in [0.717, 1.165) is 26.2 Å². The lowest BCUT2D eigenvalue weighted by molar-refractivity contribution is -0.462. The van der Waals surface area contributed by atoms with Crippen LogP contribution in [0.2, 0.25) is 0 Å². The van der Waals surface area contributed by atoms with Gasteiger partial charge < -0.3 is 9.80 Å². The van der Waals surface area contributed by atoms with Gasteiger partial charge in [0.25, 0.3) is 0 Å². The van der Waals surface area contributed by atoms with Crippen LogP contribution >= 0.6 is 0 Å². The summed E-state index contributed by atoms with van der Waals surface area (Å²) in [6.07, 6.45) is 6.99. The summed E-state index contributed by atoms with van der Waals surface area (Å²) in [6, 6.07) is 16.3. The standard InChI is InChI=1S/C32H42N3/c1-9-34(10-2)24-15-13-23(14-16-24)31-27-19-17-25(33(7)8)21-29(27)32(5,6)30-22-26(18-20-28(30)31)35(11-3)12-4/h13-22H,9-12H2,1-8H3/q+1. The molecule has 0 saturated carbocycles. The third kappa shape index (κ3) is 4.37. The first-order valence-electron chi connectivity index (χ1n) is 13.2. The highest BCUT2D eigenvalue weighted by Crippen LogP contribution is 2.50. The van der Waals surface area contributed by atoms with E-state index in [0.29, 0.717) is 0 Å². The number of rotatable bonds is 7. The number of hydrogen-bond acceptors (Lipinski definition) is 2. The van der Waals surface area contributed by atoms with Crippen molar-refractivity contribution in [3.05, 3.63) is 88.5 Å². The molecule has 3 nitrogen and oxygen atoms in total. The highest BCUT2D eigenvalue weighted by Gasteiger charge is 2.38. The molecule has 35 heavy (non-hydrogen) atoms. The largest absolute Gasteiger partial charge is 0.372 e. The van der Waals surface area contributed by atoms with Crippen molar-refractivity contribution in [3.8, 4) is 0 Å². The zero-order chi connectivity index (χ0) is 25.3. The van der Waals surface area contributed by atoms with Crippen LogP contribution in [0, 0.1) is 0 Å². The Labute approximate surface area is 212 Å². The molecule has 0 bridgehead atoms. The molecule has 0 fully saturated rings. The van der Waals surface area contributed by atoms with Crippen LogP contribution in [0.5, 0.6) is 0 Å². The smallest absolute Gasteiger partial charge is 0.199 e. The van der Waals surface area contributed by atoms with E-state index in [1.54, 1.807) is 0 Å². The van der Waals surface area contributed by atoms with Gasteiger partial charge in [-0.15, -0.1) is 0 Å².